The number of hydrogen-bond donors (Lipinski definition) is 0. The van der Waals surface area contributed by atoms with Crippen molar-refractivity contribution in [2.24, 2.45) is 0 Å². The van der Waals surface area contributed by atoms with Gasteiger partial charge in [0.1, 0.15) is 0 Å². The molecule has 0 aliphatic rings. The number of sulfonamides is 1. The van der Waals surface area contributed by atoms with E-state index in [0.717, 1.165) is 0 Å². The van der Waals surface area contributed by atoms with Gasteiger partial charge >= 0.3 is 59.1 Å². The molecule has 0 heterocycles. The maximum absolute atomic E-state index is 12.0. The molecule has 0 saturated carbocycles. The van der Waals surface area contributed by atoms with E-state index in [1.54, 1.807) is 18.2 Å². The van der Waals surface area contributed by atoms with Crippen LogP contribution in [0.25, 0.3) is 0 Å². The van der Waals surface area contributed by atoms with E-state index in [1.807, 2.05) is 0 Å². The Hall–Kier alpha value is 1.59. The second kappa shape index (κ2) is 9.51. The fraction of sp³-hybridized carbons (Fsp3) is 0. The molecule has 1 aromatic rings. The van der Waals surface area contributed by atoms with Crippen molar-refractivity contribution in [2.45, 2.75) is 4.90 Å². The molecule has 0 aromatic heterocycles. The van der Waals surface area contributed by atoms with E-state index in [9.17, 15) is 8.42 Å². The molecular formula is C8H5NNa2O2S5. The molecule has 0 fully saturated rings. The van der Waals surface area contributed by atoms with Crippen LogP contribution in [0.2, 0.25) is 0 Å². The Bertz CT molecular complexity index is 506. The maximum atomic E-state index is 12.0. The first-order chi connectivity index (χ1) is 7.37. The molecule has 10 heteroatoms. The van der Waals surface area contributed by atoms with E-state index in [4.69, 9.17) is 0 Å². The quantitative estimate of drug-likeness (QED) is 0.302. The third-order valence-corrected chi connectivity index (χ3v) is 4.52. The van der Waals surface area contributed by atoms with Gasteiger partial charge in [0.2, 0.25) is 0 Å². The summed E-state index contributed by atoms with van der Waals surface area (Å²) in [7, 11) is -3.86. The zero-order chi connectivity index (χ0) is 12.3. The van der Waals surface area contributed by atoms with Gasteiger partial charge in [-0.15, -0.1) is 0 Å². The third kappa shape index (κ3) is 5.53. The second-order valence-corrected chi connectivity index (χ2v) is 6.46. The van der Waals surface area contributed by atoms with Crippen molar-refractivity contribution in [3.8, 4) is 0 Å². The maximum Gasteiger partial charge on any atom is 1.00 e. The Kier molecular flexibility index (Phi) is 11.6. The molecule has 0 aliphatic carbocycles. The van der Waals surface area contributed by atoms with Gasteiger partial charge in [-0.05, 0) is 20.8 Å². The molecule has 0 bridgehead atoms. The smallest absolute Gasteiger partial charge is 0.410 e. The summed E-state index contributed by atoms with van der Waals surface area (Å²) in [6.07, 6.45) is 0. The van der Waals surface area contributed by atoms with Crippen LogP contribution in [0.4, 0.5) is 0 Å². The van der Waals surface area contributed by atoms with Crippen molar-refractivity contribution in [2.75, 3.05) is 0 Å². The fourth-order valence-electron chi connectivity index (χ4n) is 0.969. The van der Waals surface area contributed by atoms with Crippen LogP contribution in [0.5, 0.6) is 0 Å². The fourth-order valence-corrected chi connectivity index (χ4v) is 3.85. The van der Waals surface area contributed by atoms with Crippen LogP contribution in [-0.2, 0) is 35.3 Å². The van der Waals surface area contributed by atoms with Crippen LogP contribution in [0.3, 0.4) is 0 Å². The summed E-state index contributed by atoms with van der Waals surface area (Å²) in [5.41, 5.74) is 0. The molecule has 1 rings (SSSR count). The molecule has 0 saturated heterocycles. The molecule has 0 aliphatic heterocycles. The van der Waals surface area contributed by atoms with Crippen LogP contribution < -0.4 is 59.1 Å². The summed E-state index contributed by atoms with van der Waals surface area (Å²) in [4.78, 5) is 0.0504. The molecular weight excluding hydrogens is 348 g/mol. The Morgan fingerprint density at radius 2 is 1.39 bits per heavy atom. The summed E-state index contributed by atoms with van der Waals surface area (Å²) in [5, 5.41) is 0. The molecule has 18 heavy (non-hydrogen) atoms. The zero-order valence-corrected chi connectivity index (χ0v) is 17.8. The van der Waals surface area contributed by atoms with E-state index in [1.165, 1.54) is 12.1 Å². The van der Waals surface area contributed by atoms with Crippen molar-refractivity contribution >= 4 is 68.4 Å². The van der Waals surface area contributed by atoms with Crippen molar-refractivity contribution in [1.29, 1.82) is 0 Å². The van der Waals surface area contributed by atoms with Gasteiger partial charge in [-0.2, -0.15) is 0 Å². The number of benzene rings is 1. The average molecular weight is 353 g/mol. The van der Waals surface area contributed by atoms with E-state index in [-0.39, 0.29) is 72.7 Å². The van der Waals surface area contributed by atoms with Gasteiger partial charge in [0, 0.05) is 0 Å². The number of rotatable bonds is 2. The van der Waals surface area contributed by atoms with Gasteiger partial charge in [0.05, 0.1) is 4.90 Å². The van der Waals surface area contributed by atoms with Crippen LogP contribution in [0.15, 0.2) is 35.2 Å². The Morgan fingerprint density at radius 1 is 1.00 bits per heavy atom. The Morgan fingerprint density at radius 3 is 1.72 bits per heavy atom. The van der Waals surface area contributed by atoms with Gasteiger partial charge in [-0.25, -0.2) is 8.42 Å². The zero-order valence-electron chi connectivity index (χ0n) is 9.69. The number of thiocarbonyl (C=S) groups is 2. The van der Waals surface area contributed by atoms with Crippen LogP contribution in [-0.4, -0.2) is 21.4 Å². The minimum atomic E-state index is -3.86. The predicted octanol–water partition coefficient (Wildman–Crippen LogP) is -4.65. The van der Waals surface area contributed by atoms with Gasteiger partial charge in [0.15, 0.2) is 0 Å². The largest absolute Gasteiger partial charge is 1.00 e. The first kappa shape index (κ1) is 21.9. The molecule has 0 radical (unpaired) electrons. The van der Waals surface area contributed by atoms with Crippen molar-refractivity contribution in [3.05, 3.63) is 30.3 Å². The second-order valence-electron chi connectivity index (χ2n) is 2.61. The van der Waals surface area contributed by atoms with Gasteiger partial charge < -0.3 is 49.7 Å². The monoisotopic (exact) mass is 353 g/mol. The van der Waals surface area contributed by atoms with Crippen molar-refractivity contribution < 1.29 is 67.5 Å². The normalized spacial score (nSPS) is 9.56. The van der Waals surface area contributed by atoms with Gasteiger partial charge in [-0.1, -0.05) is 18.2 Å². The Balaban J connectivity index is 0. The summed E-state index contributed by atoms with van der Waals surface area (Å²) in [6.45, 7) is 0. The first-order valence-electron chi connectivity index (χ1n) is 3.89. The summed E-state index contributed by atoms with van der Waals surface area (Å²) < 4.78 is 24.1. The minimum Gasteiger partial charge on any atom is -0.410 e. The van der Waals surface area contributed by atoms with Crippen molar-refractivity contribution in [1.82, 2.24) is 4.31 Å². The van der Waals surface area contributed by atoms with E-state index >= 15 is 0 Å². The predicted molar refractivity (Wildman–Crippen MR) is 75.4 cm³/mol. The van der Waals surface area contributed by atoms with Crippen molar-refractivity contribution in [3.63, 3.8) is 0 Å². The van der Waals surface area contributed by atoms with Crippen LogP contribution in [0.1, 0.15) is 0 Å². The van der Waals surface area contributed by atoms with Gasteiger partial charge in [0.25, 0.3) is 10.0 Å². The van der Waals surface area contributed by atoms with E-state index in [0.29, 0.717) is 4.31 Å². The molecule has 0 spiro atoms. The number of nitrogens with zero attached hydrogens (tertiary/aromatic N) is 1. The van der Waals surface area contributed by atoms with E-state index < -0.39 is 10.0 Å². The average Bonchev–Trinajstić information content (AvgIpc) is 2.17. The van der Waals surface area contributed by atoms with Crippen LogP contribution in [0, 0.1) is 0 Å². The Labute approximate surface area is 173 Å². The SMILES string of the molecule is O=S(=O)(c1ccccc1)N(C(=S)[S-])C(=S)[S-].[Na+].[Na+]. The summed E-state index contributed by atoms with van der Waals surface area (Å²) >= 11 is 18.6. The summed E-state index contributed by atoms with van der Waals surface area (Å²) in [6, 6.07) is 7.71. The number of hydrogen-bond acceptors (Lipinski definition) is 6. The summed E-state index contributed by atoms with van der Waals surface area (Å²) in [5.74, 6) is 0. The van der Waals surface area contributed by atoms with E-state index in [2.05, 4.69) is 49.7 Å². The molecule has 0 amide bonds. The third-order valence-electron chi connectivity index (χ3n) is 1.61. The first-order valence-corrected chi connectivity index (χ1v) is 6.97. The van der Waals surface area contributed by atoms with Crippen LogP contribution >= 0.6 is 24.4 Å². The standard InChI is InChI=1S/C8H7NO2S5.2Na/c10-16(11,6-4-2-1-3-5-6)9(7(12)13)8(14)15;;/h1-5H,(H,12,13)(H,14,15);;/q;2*+1/p-2. The molecule has 86 valence electrons. The van der Waals surface area contributed by atoms with Gasteiger partial charge in [-0.3, -0.25) is 4.31 Å². The molecule has 0 atom stereocenters. The minimum absolute atomic E-state index is 0. The molecule has 0 unspecified atom stereocenters. The molecule has 3 nitrogen and oxygen atoms in total. The molecule has 0 N–H and O–H groups in total. The topological polar surface area (TPSA) is 37.4 Å². The molecule has 1 aromatic carbocycles.